The lowest BCUT2D eigenvalue weighted by Gasteiger charge is -2.18. The zero-order valence-electron chi connectivity index (χ0n) is 8.98. The highest BCUT2D eigenvalue weighted by Gasteiger charge is 2.04. The molecule has 2 rings (SSSR count). The van der Waals surface area contributed by atoms with Crippen LogP contribution in [0.3, 0.4) is 0 Å². The van der Waals surface area contributed by atoms with Gasteiger partial charge in [0.2, 0.25) is 0 Å². The van der Waals surface area contributed by atoms with Crippen molar-refractivity contribution in [2.45, 2.75) is 6.54 Å². The van der Waals surface area contributed by atoms with Gasteiger partial charge in [-0.15, -0.1) is 11.3 Å². The van der Waals surface area contributed by atoms with E-state index >= 15 is 0 Å². The number of rotatable bonds is 3. The van der Waals surface area contributed by atoms with Crippen molar-refractivity contribution in [1.82, 2.24) is 0 Å². The van der Waals surface area contributed by atoms with Crippen LogP contribution in [0.25, 0.3) is 0 Å². The first kappa shape index (κ1) is 11.5. The van der Waals surface area contributed by atoms with Crippen molar-refractivity contribution in [1.29, 1.82) is 0 Å². The molecule has 2 aromatic rings. The molecule has 0 spiro atoms. The number of thiophene rings is 1. The predicted octanol–water partition coefficient (Wildman–Crippen LogP) is 3.73. The second-order valence-corrected chi connectivity index (χ2v) is 5.59. The zero-order chi connectivity index (χ0) is 11.5. The maximum absolute atomic E-state index is 5.76. The number of hydrogen-bond donors (Lipinski definition) is 1. The molecule has 0 bridgehead atoms. The first-order valence-corrected chi connectivity index (χ1v) is 6.62. The fourth-order valence-corrected chi connectivity index (χ4v) is 3.03. The van der Waals surface area contributed by atoms with Gasteiger partial charge < -0.3 is 10.6 Å². The van der Waals surface area contributed by atoms with Gasteiger partial charge in [0.25, 0.3) is 0 Å². The van der Waals surface area contributed by atoms with E-state index in [4.69, 9.17) is 5.73 Å². The minimum atomic E-state index is 0.803. The van der Waals surface area contributed by atoms with E-state index in [1.165, 1.54) is 4.88 Å². The lowest BCUT2D eigenvalue weighted by atomic mass is 10.2. The maximum atomic E-state index is 5.76. The molecule has 2 N–H and O–H groups in total. The van der Waals surface area contributed by atoms with E-state index < -0.39 is 0 Å². The highest BCUT2D eigenvalue weighted by atomic mass is 79.9. The fraction of sp³-hybridized carbons (Fsp3) is 0.167. The Morgan fingerprint density at radius 2 is 2.19 bits per heavy atom. The molecule has 0 aliphatic rings. The molecule has 0 saturated carbocycles. The monoisotopic (exact) mass is 296 g/mol. The summed E-state index contributed by atoms with van der Waals surface area (Å²) in [5.74, 6) is 0. The van der Waals surface area contributed by atoms with Crippen molar-refractivity contribution < 1.29 is 0 Å². The van der Waals surface area contributed by atoms with Crippen LogP contribution in [0.4, 0.5) is 11.4 Å². The molecule has 0 unspecified atom stereocenters. The summed E-state index contributed by atoms with van der Waals surface area (Å²) in [6.45, 7) is 0.902. The van der Waals surface area contributed by atoms with Gasteiger partial charge in [0.05, 0.1) is 6.54 Å². The molecule has 84 valence electrons. The molecular formula is C12H13BrN2S. The number of nitrogens with zero attached hydrogens (tertiary/aromatic N) is 1. The second-order valence-electron chi connectivity index (χ2n) is 3.68. The van der Waals surface area contributed by atoms with E-state index in [0.29, 0.717) is 0 Å². The summed E-state index contributed by atoms with van der Waals surface area (Å²) in [6, 6.07) is 10.1. The molecule has 0 aliphatic carbocycles. The standard InChI is InChI=1S/C12H13BrN2S/c1-15(7-12-5-9(13)8-16-12)11-4-2-3-10(14)6-11/h2-6,8H,7,14H2,1H3. The van der Waals surface area contributed by atoms with E-state index in [-0.39, 0.29) is 0 Å². The number of benzene rings is 1. The third-order valence-electron chi connectivity index (χ3n) is 2.33. The van der Waals surface area contributed by atoms with Crippen LogP contribution in [0, 0.1) is 0 Å². The van der Waals surface area contributed by atoms with E-state index in [1.54, 1.807) is 11.3 Å². The van der Waals surface area contributed by atoms with Gasteiger partial charge in [-0.05, 0) is 40.2 Å². The van der Waals surface area contributed by atoms with Gasteiger partial charge in [-0.3, -0.25) is 0 Å². The van der Waals surface area contributed by atoms with E-state index in [2.05, 4.69) is 45.4 Å². The van der Waals surface area contributed by atoms with Crippen molar-refractivity contribution in [3.05, 3.63) is 45.1 Å². The number of halogens is 1. The summed E-state index contributed by atoms with van der Waals surface area (Å²) in [5.41, 5.74) is 7.71. The highest BCUT2D eigenvalue weighted by molar-refractivity contribution is 9.10. The predicted molar refractivity (Wildman–Crippen MR) is 75.0 cm³/mol. The summed E-state index contributed by atoms with van der Waals surface area (Å²) >= 11 is 5.22. The molecule has 1 heterocycles. The molecule has 16 heavy (non-hydrogen) atoms. The lowest BCUT2D eigenvalue weighted by molar-refractivity contribution is 0.940. The van der Waals surface area contributed by atoms with Crippen LogP contribution in [0.1, 0.15) is 4.88 Å². The third kappa shape index (κ3) is 2.77. The van der Waals surface area contributed by atoms with Crippen molar-refractivity contribution in [3.8, 4) is 0 Å². The molecular weight excluding hydrogens is 284 g/mol. The smallest absolute Gasteiger partial charge is 0.0519 e. The molecule has 0 radical (unpaired) electrons. The number of hydrogen-bond acceptors (Lipinski definition) is 3. The SMILES string of the molecule is CN(Cc1cc(Br)cs1)c1cccc(N)c1. The minimum Gasteiger partial charge on any atom is -0.399 e. The number of anilines is 2. The van der Waals surface area contributed by atoms with Gasteiger partial charge in [-0.1, -0.05) is 6.07 Å². The summed E-state index contributed by atoms with van der Waals surface area (Å²) in [5, 5.41) is 2.10. The van der Waals surface area contributed by atoms with Crippen molar-refractivity contribution in [2.24, 2.45) is 0 Å². The summed E-state index contributed by atoms with van der Waals surface area (Å²) in [7, 11) is 2.07. The molecule has 2 nitrogen and oxygen atoms in total. The van der Waals surface area contributed by atoms with E-state index in [1.807, 2.05) is 18.2 Å². The minimum absolute atomic E-state index is 0.803. The zero-order valence-corrected chi connectivity index (χ0v) is 11.4. The Bertz CT molecular complexity index is 481. The fourth-order valence-electron chi connectivity index (χ4n) is 1.52. The Morgan fingerprint density at radius 3 is 2.81 bits per heavy atom. The van der Waals surface area contributed by atoms with Gasteiger partial charge in [-0.25, -0.2) is 0 Å². The largest absolute Gasteiger partial charge is 0.399 e. The molecule has 0 saturated heterocycles. The molecule has 0 atom stereocenters. The molecule has 4 heteroatoms. The Labute approximate surface area is 108 Å². The Balaban J connectivity index is 2.11. The van der Waals surface area contributed by atoms with Gasteiger partial charge in [0, 0.05) is 33.2 Å². The first-order chi connectivity index (χ1) is 7.65. The average molecular weight is 297 g/mol. The van der Waals surface area contributed by atoms with Gasteiger partial charge in [0.15, 0.2) is 0 Å². The molecule has 1 aromatic carbocycles. The lowest BCUT2D eigenvalue weighted by Crippen LogP contribution is -2.15. The summed E-state index contributed by atoms with van der Waals surface area (Å²) < 4.78 is 1.15. The van der Waals surface area contributed by atoms with Crippen LogP contribution in [-0.4, -0.2) is 7.05 Å². The van der Waals surface area contributed by atoms with Gasteiger partial charge >= 0.3 is 0 Å². The number of nitrogen functional groups attached to an aromatic ring is 1. The van der Waals surface area contributed by atoms with Crippen molar-refractivity contribution in [2.75, 3.05) is 17.7 Å². The maximum Gasteiger partial charge on any atom is 0.0519 e. The van der Waals surface area contributed by atoms with E-state index in [0.717, 1.165) is 22.4 Å². The van der Waals surface area contributed by atoms with Crippen LogP contribution < -0.4 is 10.6 Å². The molecule has 0 aliphatic heterocycles. The molecule has 0 fully saturated rings. The van der Waals surface area contributed by atoms with Crippen LogP contribution in [0.15, 0.2) is 40.2 Å². The highest BCUT2D eigenvalue weighted by Crippen LogP contribution is 2.23. The Kier molecular flexibility index (Phi) is 3.51. The van der Waals surface area contributed by atoms with Crippen LogP contribution in [-0.2, 0) is 6.54 Å². The second kappa shape index (κ2) is 4.89. The van der Waals surface area contributed by atoms with E-state index in [9.17, 15) is 0 Å². The topological polar surface area (TPSA) is 29.3 Å². The summed E-state index contributed by atoms with van der Waals surface area (Å²) in [6.07, 6.45) is 0. The first-order valence-electron chi connectivity index (χ1n) is 4.95. The molecule has 0 amide bonds. The quantitative estimate of drug-likeness (QED) is 0.875. The van der Waals surface area contributed by atoms with Crippen molar-refractivity contribution in [3.63, 3.8) is 0 Å². The molecule has 1 aromatic heterocycles. The third-order valence-corrected chi connectivity index (χ3v) is 4.01. The van der Waals surface area contributed by atoms with Gasteiger partial charge in [0.1, 0.15) is 0 Å². The Morgan fingerprint density at radius 1 is 1.38 bits per heavy atom. The van der Waals surface area contributed by atoms with Gasteiger partial charge in [-0.2, -0.15) is 0 Å². The summed E-state index contributed by atoms with van der Waals surface area (Å²) in [4.78, 5) is 3.52. The Hall–Kier alpha value is -1.00. The van der Waals surface area contributed by atoms with Crippen LogP contribution >= 0.6 is 27.3 Å². The van der Waals surface area contributed by atoms with Crippen LogP contribution in [0.5, 0.6) is 0 Å². The average Bonchev–Trinajstić information content (AvgIpc) is 2.64. The normalized spacial score (nSPS) is 10.4. The number of nitrogens with two attached hydrogens (primary N) is 1. The van der Waals surface area contributed by atoms with Crippen molar-refractivity contribution >= 4 is 38.6 Å². The van der Waals surface area contributed by atoms with Crippen LogP contribution in [0.2, 0.25) is 0 Å².